The van der Waals surface area contributed by atoms with Crippen molar-refractivity contribution in [2.45, 2.75) is 32.7 Å². The van der Waals surface area contributed by atoms with Gasteiger partial charge in [-0.3, -0.25) is 4.79 Å². The predicted molar refractivity (Wildman–Crippen MR) is 85.4 cm³/mol. The number of aryl methyl sites for hydroxylation is 1. The molecule has 1 unspecified atom stereocenters. The van der Waals surface area contributed by atoms with Crippen molar-refractivity contribution in [1.29, 1.82) is 0 Å². The van der Waals surface area contributed by atoms with E-state index in [-0.39, 0.29) is 11.9 Å². The van der Waals surface area contributed by atoms with Crippen molar-refractivity contribution in [1.82, 2.24) is 4.90 Å². The van der Waals surface area contributed by atoms with Gasteiger partial charge in [0.25, 0.3) is 5.91 Å². The Morgan fingerprint density at radius 1 is 1.05 bits per heavy atom. The molecule has 0 spiro atoms. The van der Waals surface area contributed by atoms with E-state index in [0.29, 0.717) is 0 Å². The molecule has 0 bridgehead atoms. The first-order valence-corrected chi connectivity index (χ1v) is 7.60. The van der Waals surface area contributed by atoms with Gasteiger partial charge in [0, 0.05) is 12.1 Å². The minimum absolute atomic E-state index is 0.169. The van der Waals surface area contributed by atoms with Gasteiger partial charge < -0.3 is 4.90 Å². The fourth-order valence-electron chi connectivity index (χ4n) is 3.17. The highest BCUT2D eigenvalue weighted by Gasteiger charge is 2.31. The van der Waals surface area contributed by atoms with Gasteiger partial charge in [-0.1, -0.05) is 42.5 Å². The second-order valence-electron chi connectivity index (χ2n) is 5.81. The van der Waals surface area contributed by atoms with Crippen LogP contribution in [0.5, 0.6) is 0 Å². The van der Waals surface area contributed by atoms with Gasteiger partial charge in [-0.25, -0.2) is 0 Å². The first kappa shape index (κ1) is 13.9. The highest BCUT2D eigenvalue weighted by molar-refractivity contribution is 5.96. The minimum Gasteiger partial charge on any atom is -0.332 e. The Hall–Kier alpha value is -2.09. The van der Waals surface area contributed by atoms with E-state index in [1.807, 2.05) is 42.2 Å². The first-order chi connectivity index (χ1) is 10.2. The molecule has 1 aliphatic rings. The maximum Gasteiger partial charge on any atom is 0.254 e. The number of carbonyl (C=O) groups is 1. The third kappa shape index (κ3) is 2.58. The van der Waals surface area contributed by atoms with Crippen molar-refractivity contribution in [3.05, 3.63) is 70.8 Å². The topological polar surface area (TPSA) is 20.3 Å². The van der Waals surface area contributed by atoms with Crippen molar-refractivity contribution >= 4 is 5.91 Å². The number of nitrogens with zero attached hydrogens (tertiary/aromatic N) is 1. The molecular weight excluding hydrogens is 258 g/mol. The number of likely N-dealkylation sites (tertiary alicyclic amines) is 1. The minimum atomic E-state index is 0.169. The third-order valence-corrected chi connectivity index (χ3v) is 4.53. The van der Waals surface area contributed by atoms with E-state index >= 15 is 0 Å². The highest BCUT2D eigenvalue weighted by Crippen LogP contribution is 2.33. The molecule has 1 atom stereocenters. The molecule has 0 aliphatic carbocycles. The second-order valence-corrected chi connectivity index (χ2v) is 5.81. The van der Waals surface area contributed by atoms with Crippen LogP contribution in [0.1, 0.15) is 45.9 Å². The summed E-state index contributed by atoms with van der Waals surface area (Å²) in [6.07, 6.45) is 2.14. The van der Waals surface area contributed by atoms with Gasteiger partial charge in [-0.15, -0.1) is 0 Å². The van der Waals surface area contributed by atoms with Crippen LogP contribution in [0, 0.1) is 13.8 Å². The number of rotatable bonds is 2. The number of amides is 1. The molecular formula is C19H21NO. The Labute approximate surface area is 126 Å². The molecule has 0 aromatic heterocycles. The summed E-state index contributed by atoms with van der Waals surface area (Å²) in [4.78, 5) is 15.0. The SMILES string of the molecule is Cc1cccc(C(=O)N2CCCC2c2ccccc2)c1C. The Morgan fingerprint density at radius 3 is 2.57 bits per heavy atom. The maximum atomic E-state index is 12.9. The van der Waals surface area contributed by atoms with Crippen LogP contribution in [0.15, 0.2) is 48.5 Å². The van der Waals surface area contributed by atoms with Gasteiger partial charge in [0.05, 0.1) is 6.04 Å². The van der Waals surface area contributed by atoms with Crippen molar-refractivity contribution in [3.8, 4) is 0 Å². The Kier molecular flexibility index (Phi) is 3.78. The van der Waals surface area contributed by atoms with Crippen molar-refractivity contribution in [3.63, 3.8) is 0 Å². The monoisotopic (exact) mass is 279 g/mol. The molecule has 1 fully saturated rings. The summed E-state index contributed by atoms with van der Waals surface area (Å²) < 4.78 is 0. The lowest BCUT2D eigenvalue weighted by atomic mass is 10.0. The van der Waals surface area contributed by atoms with Crippen LogP contribution in [0.25, 0.3) is 0 Å². The predicted octanol–water partition coefficient (Wildman–Crippen LogP) is 4.28. The van der Waals surface area contributed by atoms with Crippen molar-refractivity contribution in [2.75, 3.05) is 6.54 Å². The quantitative estimate of drug-likeness (QED) is 0.803. The molecule has 21 heavy (non-hydrogen) atoms. The van der Waals surface area contributed by atoms with Crippen LogP contribution in [0.4, 0.5) is 0 Å². The highest BCUT2D eigenvalue weighted by atomic mass is 16.2. The summed E-state index contributed by atoms with van der Waals surface area (Å²) >= 11 is 0. The van der Waals surface area contributed by atoms with Crippen LogP contribution in [0.3, 0.4) is 0 Å². The molecule has 2 heteroatoms. The molecule has 108 valence electrons. The molecule has 1 amide bonds. The summed E-state index contributed by atoms with van der Waals surface area (Å²) in [6.45, 7) is 4.95. The molecule has 1 heterocycles. The van der Waals surface area contributed by atoms with Gasteiger partial charge in [0.2, 0.25) is 0 Å². The van der Waals surface area contributed by atoms with Gasteiger partial charge in [-0.2, -0.15) is 0 Å². The van der Waals surface area contributed by atoms with E-state index in [9.17, 15) is 4.79 Å². The lowest BCUT2D eigenvalue weighted by Crippen LogP contribution is -2.31. The number of carbonyl (C=O) groups excluding carboxylic acids is 1. The normalized spacial score (nSPS) is 18.0. The molecule has 0 saturated carbocycles. The van der Waals surface area contributed by atoms with Gasteiger partial charge >= 0.3 is 0 Å². The fraction of sp³-hybridized carbons (Fsp3) is 0.316. The largest absolute Gasteiger partial charge is 0.332 e. The molecule has 0 radical (unpaired) electrons. The number of hydrogen-bond donors (Lipinski definition) is 0. The van der Waals surface area contributed by atoms with Crippen LogP contribution in [-0.2, 0) is 0 Å². The van der Waals surface area contributed by atoms with Crippen LogP contribution in [0.2, 0.25) is 0 Å². The zero-order valence-electron chi connectivity index (χ0n) is 12.7. The van der Waals surface area contributed by atoms with Crippen LogP contribution in [-0.4, -0.2) is 17.4 Å². The average Bonchev–Trinajstić information content (AvgIpc) is 3.00. The smallest absolute Gasteiger partial charge is 0.254 e. The van der Waals surface area contributed by atoms with Gasteiger partial charge in [-0.05, 0) is 49.4 Å². The van der Waals surface area contributed by atoms with E-state index in [1.54, 1.807) is 0 Å². The molecule has 1 saturated heterocycles. The molecule has 3 rings (SSSR count). The fourth-order valence-corrected chi connectivity index (χ4v) is 3.17. The zero-order valence-corrected chi connectivity index (χ0v) is 12.7. The van der Waals surface area contributed by atoms with Gasteiger partial charge in [0.1, 0.15) is 0 Å². The summed E-state index contributed by atoms with van der Waals surface area (Å²) in [5.74, 6) is 0.169. The third-order valence-electron chi connectivity index (χ3n) is 4.53. The summed E-state index contributed by atoms with van der Waals surface area (Å²) in [7, 11) is 0. The Balaban J connectivity index is 1.92. The second kappa shape index (κ2) is 5.72. The van der Waals surface area contributed by atoms with Crippen LogP contribution >= 0.6 is 0 Å². The molecule has 2 nitrogen and oxygen atoms in total. The lowest BCUT2D eigenvalue weighted by Gasteiger charge is -2.26. The van der Waals surface area contributed by atoms with E-state index < -0.39 is 0 Å². The van der Waals surface area contributed by atoms with Gasteiger partial charge in [0.15, 0.2) is 0 Å². The summed E-state index contributed by atoms with van der Waals surface area (Å²) in [5, 5.41) is 0. The summed E-state index contributed by atoms with van der Waals surface area (Å²) in [6, 6.07) is 16.6. The molecule has 2 aromatic rings. The van der Waals surface area contributed by atoms with E-state index in [2.05, 4.69) is 25.1 Å². The zero-order chi connectivity index (χ0) is 14.8. The van der Waals surface area contributed by atoms with E-state index in [1.165, 1.54) is 11.1 Å². The molecule has 1 aliphatic heterocycles. The lowest BCUT2D eigenvalue weighted by molar-refractivity contribution is 0.0735. The van der Waals surface area contributed by atoms with E-state index in [0.717, 1.165) is 30.5 Å². The maximum absolute atomic E-state index is 12.9. The number of hydrogen-bond acceptors (Lipinski definition) is 1. The van der Waals surface area contributed by atoms with Crippen molar-refractivity contribution < 1.29 is 4.79 Å². The first-order valence-electron chi connectivity index (χ1n) is 7.60. The Bertz CT molecular complexity index is 648. The average molecular weight is 279 g/mol. The molecule has 2 aromatic carbocycles. The number of benzene rings is 2. The van der Waals surface area contributed by atoms with Crippen molar-refractivity contribution in [2.24, 2.45) is 0 Å². The standard InChI is InChI=1S/C19H21NO/c1-14-8-6-11-17(15(14)2)19(21)20-13-7-12-18(20)16-9-4-3-5-10-16/h3-6,8-11,18H,7,12-13H2,1-2H3. The summed E-state index contributed by atoms with van der Waals surface area (Å²) in [5.41, 5.74) is 4.36. The van der Waals surface area contributed by atoms with E-state index in [4.69, 9.17) is 0 Å². The molecule has 0 N–H and O–H groups in total. The Morgan fingerprint density at radius 2 is 1.81 bits per heavy atom. The van der Waals surface area contributed by atoms with Crippen LogP contribution < -0.4 is 0 Å².